The van der Waals surface area contributed by atoms with Gasteiger partial charge < -0.3 is 5.11 Å². The number of hydrogen-bond donors (Lipinski definition) is 1. The first-order chi connectivity index (χ1) is 3.29. The molecule has 1 heterocycles. The lowest BCUT2D eigenvalue weighted by molar-refractivity contribution is 0.199. The van der Waals surface area contributed by atoms with Gasteiger partial charge in [-0.15, -0.1) is 0 Å². The zero-order valence-electron chi connectivity index (χ0n) is 4.72. The van der Waals surface area contributed by atoms with Gasteiger partial charge >= 0.3 is 0 Å². The fourth-order valence-corrected chi connectivity index (χ4v) is 1.18. The molecule has 1 aliphatic heterocycles. The van der Waals surface area contributed by atoms with Gasteiger partial charge in [0.1, 0.15) is 6.71 Å². The first-order valence-corrected chi connectivity index (χ1v) is 2.97. The van der Waals surface area contributed by atoms with Crippen molar-refractivity contribution in [2.24, 2.45) is 0 Å². The molecule has 0 bridgehead atoms. The summed E-state index contributed by atoms with van der Waals surface area (Å²) >= 11 is 0. The summed E-state index contributed by atoms with van der Waals surface area (Å²) in [4.78, 5) is 0. The van der Waals surface area contributed by atoms with Crippen LogP contribution in [0, 0.1) is 0 Å². The molecule has 0 aromatic heterocycles. The highest BCUT2D eigenvalue weighted by atomic mass is 16.3. The van der Waals surface area contributed by atoms with E-state index in [1.54, 1.807) is 0 Å². The van der Waals surface area contributed by atoms with Crippen LogP contribution in [0.1, 0.15) is 6.42 Å². The smallest absolute Gasteiger partial charge is 0.139 e. The summed E-state index contributed by atoms with van der Waals surface area (Å²) in [7, 11) is 0. The molecule has 0 amide bonds. The minimum atomic E-state index is 0.0231. The Morgan fingerprint density at radius 1 is 1.71 bits per heavy atom. The maximum atomic E-state index is 8.90. The molecule has 0 saturated carbocycles. The van der Waals surface area contributed by atoms with E-state index >= 15 is 0 Å². The van der Waals surface area contributed by atoms with E-state index in [-0.39, 0.29) is 6.10 Å². The first kappa shape index (κ1) is 5.17. The lowest BCUT2D eigenvalue weighted by Gasteiger charge is -1.94. The van der Waals surface area contributed by atoms with Crippen molar-refractivity contribution in [1.82, 2.24) is 0 Å². The van der Waals surface area contributed by atoms with Crippen molar-refractivity contribution in [3.05, 3.63) is 0 Å². The molecule has 1 atom stereocenters. The molecule has 1 rings (SSSR count). The van der Waals surface area contributed by atoms with Crippen LogP contribution < -0.4 is 0 Å². The van der Waals surface area contributed by atoms with E-state index in [4.69, 9.17) is 5.11 Å². The second kappa shape index (κ2) is 1.87. The van der Waals surface area contributed by atoms with Gasteiger partial charge in [0.25, 0.3) is 0 Å². The van der Waals surface area contributed by atoms with Crippen molar-refractivity contribution in [3.63, 3.8) is 0 Å². The molecule has 0 aromatic rings. The van der Waals surface area contributed by atoms with Gasteiger partial charge in [-0.3, -0.25) is 0 Å². The summed E-state index contributed by atoms with van der Waals surface area (Å²) in [6, 6.07) is 0. The number of aliphatic hydroxyl groups is 1. The van der Waals surface area contributed by atoms with E-state index in [9.17, 15) is 0 Å². The molecule has 0 aliphatic carbocycles. The van der Waals surface area contributed by atoms with Crippen molar-refractivity contribution in [2.75, 3.05) is 0 Å². The van der Waals surface area contributed by atoms with E-state index in [2.05, 4.69) is 6.82 Å². The summed E-state index contributed by atoms with van der Waals surface area (Å²) in [5, 5.41) is 8.90. The summed E-state index contributed by atoms with van der Waals surface area (Å²) in [5.41, 5.74) is 0. The maximum Gasteiger partial charge on any atom is 0.139 e. The minimum absolute atomic E-state index is 0.0231. The fraction of sp³-hybridized carbons (Fsp3) is 1.00. The third-order valence-electron chi connectivity index (χ3n) is 1.67. The SMILES string of the molecule is CB1CC[C@H](O)C1. The standard InChI is InChI=1S/C5H11BO/c1-6-3-2-5(7)4-6/h5,7H,2-4H2,1H3/t5-/m0/s1. The van der Waals surface area contributed by atoms with Gasteiger partial charge in [0, 0.05) is 6.10 Å². The Hall–Kier alpha value is 0.0249. The molecule has 0 radical (unpaired) electrons. The molecule has 0 aromatic carbocycles. The average molecular weight is 98.0 g/mol. The third-order valence-corrected chi connectivity index (χ3v) is 1.67. The molecule has 1 aliphatic rings. The molecule has 7 heavy (non-hydrogen) atoms. The number of aliphatic hydroxyl groups excluding tert-OH is 1. The van der Waals surface area contributed by atoms with Crippen molar-refractivity contribution in [3.8, 4) is 0 Å². The Labute approximate surface area is 44.8 Å². The van der Waals surface area contributed by atoms with Gasteiger partial charge in [0.15, 0.2) is 0 Å². The van der Waals surface area contributed by atoms with Crippen molar-refractivity contribution >= 4 is 6.71 Å². The molecule has 1 saturated heterocycles. The van der Waals surface area contributed by atoms with E-state index in [1.165, 1.54) is 6.32 Å². The highest BCUT2D eigenvalue weighted by molar-refractivity contribution is 6.58. The van der Waals surface area contributed by atoms with Crippen LogP contribution in [0.15, 0.2) is 0 Å². The van der Waals surface area contributed by atoms with Crippen molar-refractivity contribution in [2.45, 2.75) is 32.0 Å². The summed E-state index contributed by atoms with van der Waals surface area (Å²) in [5.74, 6) is 0. The first-order valence-electron chi connectivity index (χ1n) is 2.97. The summed E-state index contributed by atoms with van der Waals surface area (Å²) in [6.45, 7) is 2.96. The van der Waals surface area contributed by atoms with Crippen LogP contribution in [0.5, 0.6) is 0 Å². The second-order valence-electron chi connectivity index (χ2n) is 2.57. The van der Waals surface area contributed by atoms with E-state index < -0.39 is 0 Å². The van der Waals surface area contributed by atoms with Crippen molar-refractivity contribution < 1.29 is 5.11 Å². The number of rotatable bonds is 0. The maximum absolute atomic E-state index is 8.90. The average Bonchev–Trinajstić information content (AvgIpc) is 1.87. The lowest BCUT2D eigenvalue weighted by atomic mass is 9.51. The normalized spacial score (nSPS) is 31.7. The molecule has 1 N–H and O–H groups in total. The Balaban J connectivity index is 2.26. The molecular formula is C5H11BO. The topological polar surface area (TPSA) is 20.2 Å². The van der Waals surface area contributed by atoms with Gasteiger partial charge in [-0.1, -0.05) is 13.1 Å². The molecule has 40 valence electrons. The monoisotopic (exact) mass is 98.1 g/mol. The van der Waals surface area contributed by atoms with Gasteiger partial charge in [0.05, 0.1) is 0 Å². The van der Waals surface area contributed by atoms with E-state index in [0.717, 1.165) is 19.5 Å². The minimum Gasteiger partial charge on any atom is -0.394 e. The third kappa shape index (κ3) is 1.20. The summed E-state index contributed by atoms with van der Waals surface area (Å²) < 4.78 is 0. The zero-order valence-corrected chi connectivity index (χ0v) is 4.72. The van der Waals surface area contributed by atoms with Crippen LogP contribution in [-0.2, 0) is 0 Å². The van der Waals surface area contributed by atoms with Gasteiger partial charge in [-0.2, -0.15) is 0 Å². The molecule has 0 spiro atoms. The van der Waals surface area contributed by atoms with Gasteiger partial charge in [-0.05, 0) is 12.7 Å². The van der Waals surface area contributed by atoms with Crippen LogP contribution in [0.4, 0.5) is 0 Å². The highest BCUT2D eigenvalue weighted by Gasteiger charge is 2.20. The Kier molecular flexibility index (Phi) is 1.38. The van der Waals surface area contributed by atoms with Crippen LogP contribution in [-0.4, -0.2) is 17.9 Å². The van der Waals surface area contributed by atoms with Crippen molar-refractivity contribution in [1.29, 1.82) is 0 Å². The van der Waals surface area contributed by atoms with Crippen LogP contribution in [0.3, 0.4) is 0 Å². The van der Waals surface area contributed by atoms with E-state index in [0.29, 0.717) is 0 Å². The van der Waals surface area contributed by atoms with Crippen LogP contribution in [0.25, 0.3) is 0 Å². The van der Waals surface area contributed by atoms with Gasteiger partial charge in [-0.25, -0.2) is 0 Å². The Bertz CT molecular complexity index is 57.1. The van der Waals surface area contributed by atoms with Gasteiger partial charge in [0.2, 0.25) is 0 Å². The highest BCUT2D eigenvalue weighted by Crippen LogP contribution is 2.18. The molecular weight excluding hydrogens is 86.9 g/mol. The molecule has 0 unspecified atom stereocenters. The Morgan fingerprint density at radius 3 is 2.57 bits per heavy atom. The van der Waals surface area contributed by atoms with E-state index in [1.807, 2.05) is 0 Å². The lowest BCUT2D eigenvalue weighted by Crippen LogP contribution is -2.02. The largest absolute Gasteiger partial charge is 0.394 e. The summed E-state index contributed by atoms with van der Waals surface area (Å²) in [6.07, 6.45) is 3.30. The van der Waals surface area contributed by atoms with Crippen LogP contribution >= 0.6 is 0 Å². The molecule has 1 fully saturated rings. The Morgan fingerprint density at radius 2 is 2.43 bits per heavy atom. The predicted molar refractivity (Wildman–Crippen MR) is 31.9 cm³/mol. The second-order valence-corrected chi connectivity index (χ2v) is 2.57. The zero-order chi connectivity index (χ0) is 5.28. The predicted octanol–water partition coefficient (Wildman–Crippen LogP) is 0.876. The molecule has 1 nitrogen and oxygen atoms in total. The fourth-order valence-electron chi connectivity index (χ4n) is 1.18. The number of hydrogen-bond acceptors (Lipinski definition) is 1. The quantitative estimate of drug-likeness (QED) is 0.446. The van der Waals surface area contributed by atoms with Crippen LogP contribution in [0.2, 0.25) is 19.5 Å². The molecule has 2 heteroatoms.